The summed E-state index contributed by atoms with van der Waals surface area (Å²) in [4.78, 5) is 27.2. The van der Waals surface area contributed by atoms with Gasteiger partial charge in [0.1, 0.15) is 5.75 Å². The summed E-state index contributed by atoms with van der Waals surface area (Å²) in [5.41, 5.74) is 3.24. The molecule has 204 valence electrons. The smallest absolute Gasteiger partial charge is 0.222 e. The number of nitrogens with one attached hydrogen (secondary N) is 2. The molecule has 0 fully saturated rings. The van der Waals surface area contributed by atoms with Gasteiger partial charge in [-0.25, -0.2) is 0 Å². The minimum Gasteiger partial charge on any atom is -0.497 e. The van der Waals surface area contributed by atoms with E-state index in [-0.39, 0.29) is 18.2 Å². The highest BCUT2D eigenvalue weighted by atomic mass is 16.5. The number of ether oxygens (including phenoxy) is 1. The van der Waals surface area contributed by atoms with Crippen LogP contribution in [0.15, 0.2) is 48.5 Å². The fraction of sp³-hybridized carbons (Fsp3) is 0.533. The first kappa shape index (κ1) is 30.3. The normalized spacial score (nSPS) is 12.6. The molecule has 0 aliphatic heterocycles. The molecule has 0 saturated carbocycles. The molecule has 0 aromatic heterocycles. The molecule has 0 aliphatic carbocycles. The first-order valence-electron chi connectivity index (χ1n) is 13.5. The number of benzene rings is 2. The van der Waals surface area contributed by atoms with Gasteiger partial charge in [0, 0.05) is 39.0 Å². The summed E-state index contributed by atoms with van der Waals surface area (Å²) in [6.45, 7) is 8.57. The molecule has 0 radical (unpaired) electrons. The maximum atomic E-state index is 12.8. The molecular formula is C30H45N3O4. The van der Waals surface area contributed by atoms with Crippen molar-refractivity contribution in [3.05, 3.63) is 65.2 Å². The van der Waals surface area contributed by atoms with Gasteiger partial charge in [-0.2, -0.15) is 0 Å². The number of aliphatic hydroxyl groups excluding tert-OH is 1. The molecule has 2 rings (SSSR count). The van der Waals surface area contributed by atoms with E-state index in [9.17, 15) is 14.7 Å². The molecule has 0 unspecified atom stereocenters. The highest BCUT2D eigenvalue weighted by Crippen LogP contribution is 2.13. The highest BCUT2D eigenvalue weighted by molar-refractivity contribution is 5.79. The fourth-order valence-electron chi connectivity index (χ4n) is 4.40. The Morgan fingerprint density at radius 2 is 1.70 bits per heavy atom. The van der Waals surface area contributed by atoms with Gasteiger partial charge in [-0.3, -0.25) is 9.59 Å². The molecule has 0 bridgehead atoms. The van der Waals surface area contributed by atoms with Gasteiger partial charge in [0.2, 0.25) is 11.8 Å². The highest BCUT2D eigenvalue weighted by Gasteiger charge is 2.22. The van der Waals surface area contributed by atoms with Crippen LogP contribution in [0, 0.1) is 6.92 Å². The van der Waals surface area contributed by atoms with Gasteiger partial charge >= 0.3 is 0 Å². The van der Waals surface area contributed by atoms with Crippen molar-refractivity contribution >= 4 is 11.8 Å². The van der Waals surface area contributed by atoms with Crippen molar-refractivity contribution in [3.63, 3.8) is 0 Å². The number of carbonyl (C=O) groups excluding carboxylic acids is 2. The average Bonchev–Trinajstić information content (AvgIpc) is 2.88. The molecule has 0 aliphatic rings. The number of nitrogens with zero attached hydrogens (tertiary/aromatic N) is 1. The minimum absolute atomic E-state index is 0.106. The van der Waals surface area contributed by atoms with Gasteiger partial charge < -0.3 is 25.4 Å². The number of hydrogen-bond donors (Lipinski definition) is 3. The number of hydrogen-bond acceptors (Lipinski definition) is 5. The van der Waals surface area contributed by atoms with Crippen LogP contribution in [0.3, 0.4) is 0 Å². The van der Waals surface area contributed by atoms with Crippen LogP contribution in [0.25, 0.3) is 0 Å². The topological polar surface area (TPSA) is 90.9 Å². The number of rotatable bonds is 17. The Bertz CT molecular complexity index is 959. The summed E-state index contributed by atoms with van der Waals surface area (Å²) < 4.78 is 5.28. The summed E-state index contributed by atoms with van der Waals surface area (Å²) in [5.74, 6) is 0.750. The average molecular weight is 512 g/mol. The predicted molar refractivity (Wildman–Crippen MR) is 149 cm³/mol. The van der Waals surface area contributed by atoms with Crippen LogP contribution >= 0.6 is 0 Å². The molecule has 2 aromatic carbocycles. The van der Waals surface area contributed by atoms with Crippen LogP contribution in [0.1, 0.15) is 62.6 Å². The Hall–Kier alpha value is -2.90. The quantitative estimate of drug-likeness (QED) is 0.299. The Morgan fingerprint density at radius 3 is 2.38 bits per heavy atom. The van der Waals surface area contributed by atoms with Crippen LogP contribution in [0.2, 0.25) is 0 Å². The molecule has 37 heavy (non-hydrogen) atoms. The van der Waals surface area contributed by atoms with Gasteiger partial charge in [0.05, 0.1) is 19.3 Å². The van der Waals surface area contributed by atoms with E-state index in [0.29, 0.717) is 32.4 Å². The summed E-state index contributed by atoms with van der Waals surface area (Å²) in [7, 11) is 1.64. The van der Waals surface area contributed by atoms with Crippen LogP contribution < -0.4 is 15.4 Å². The van der Waals surface area contributed by atoms with Gasteiger partial charge in [0.25, 0.3) is 0 Å². The van der Waals surface area contributed by atoms with Crippen molar-refractivity contribution in [2.75, 3.05) is 26.7 Å². The zero-order valence-corrected chi connectivity index (χ0v) is 23.0. The molecule has 2 amide bonds. The third-order valence-corrected chi connectivity index (χ3v) is 6.30. The number of amides is 2. The first-order chi connectivity index (χ1) is 17.9. The number of aryl methyl sites for hydroxylation is 1. The monoisotopic (exact) mass is 511 g/mol. The zero-order valence-electron chi connectivity index (χ0n) is 23.0. The third kappa shape index (κ3) is 11.4. The van der Waals surface area contributed by atoms with E-state index < -0.39 is 12.1 Å². The summed E-state index contributed by atoms with van der Waals surface area (Å²) >= 11 is 0. The van der Waals surface area contributed by atoms with Crippen molar-refractivity contribution in [3.8, 4) is 5.75 Å². The third-order valence-electron chi connectivity index (χ3n) is 6.30. The molecule has 0 saturated heterocycles. The van der Waals surface area contributed by atoms with Gasteiger partial charge in [-0.05, 0) is 55.9 Å². The van der Waals surface area contributed by atoms with E-state index in [2.05, 4.69) is 30.5 Å². The SMILES string of the molecule is CCCN(CCC)C(=O)CCCC(=O)N[C@@H](Cc1cccc(C)c1)[C@H](O)CNCc1cccc(OC)c1. The van der Waals surface area contributed by atoms with Gasteiger partial charge in [-0.15, -0.1) is 0 Å². The van der Waals surface area contributed by atoms with Crippen LogP contribution in [-0.4, -0.2) is 60.7 Å². The van der Waals surface area contributed by atoms with Crippen LogP contribution in [-0.2, 0) is 22.6 Å². The second-order valence-corrected chi connectivity index (χ2v) is 9.65. The van der Waals surface area contributed by atoms with Crippen molar-refractivity contribution in [1.82, 2.24) is 15.5 Å². The van der Waals surface area contributed by atoms with E-state index in [1.165, 1.54) is 0 Å². The van der Waals surface area contributed by atoms with E-state index in [0.717, 1.165) is 48.4 Å². The summed E-state index contributed by atoms with van der Waals surface area (Å²) in [6, 6.07) is 15.4. The Labute approximate surface area is 222 Å². The van der Waals surface area contributed by atoms with E-state index in [1.807, 2.05) is 54.3 Å². The second-order valence-electron chi connectivity index (χ2n) is 9.65. The Morgan fingerprint density at radius 1 is 1.00 bits per heavy atom. The molecule has 0 heterocycles. The lowest BCUT2D eigenvalue weighted by Crippen LogP contribution is -2.48. The van der Waals surface area contributed by atoms with Crippen LogP contribution in [0.5, 0.6) is 5.75 Å². The molecule has 3 N–H and O–H groups in total. The lowest BCUT2D eigenvalue weighted by Gasteiger charge is -2.25. The largest absolute Gasteiger partial charge is 0.497 e. The van der Waals surface area contributed by atoms with E-state index >= 15 is 0 Å². The first-order valence-corrected chi connectivity index (χ1v) is 13.5. The van der Waals surface area contributed by atoms with Gasteiger partial charge in [0.15, 0.2) is 0 Å². The molecule has 2 aromatic rings. The van der Waals surface area contributed by atoms with Crippen LogP contribution in [0.4, 0.5) is 0 Å². The summed E-state index contributed by atoms with van der Waals surface area (Å²) in [5, 5.41) is 17.3. The second kappa shape index (κ2) is 16.8. The Kier molecular flexibility index (Phi) is 13.7. The van der Waals surface area contributed by atoms with Gasteiger partial charge in [-0.1, -0.05) is 55.8 Å². The van der Waals surface area contributed by atoms with Crippen molar-refractivity contribution < 1.29 is 19.4 Å². The fourth-order valence-corrected chi connectivity index (χ4v) is 4.40. The summed E-state index contributed by atoms with van der Waals surface area (Å²) in [6.07, 6.45) is 2.71. The lowest BCUT2D eigenvalue weighted by molar-refractivity contribution is -0.131. The molecule has 0 spiro atoms. The zero-order chi connectivity index (χ0) is 27.0. The maximum Gasteiger partial charge on any atom is 0.222 e. The molecule has 7 nitrogen and oxygen atoms in total. The van der Waals surface area contributed by atoms with Crippen molar-refractivity contribution in [2.24, 2.45) is 0 Å². The molecular weight excluding hydrogens is 466 g/mol. The molecule has 2 atom stereocenters. The van der Waals surface area contributed by atoms with E-state index in [4.69, 9.17) is 4.74 Å². The Balaban J connectivity index is 1.93. The molecule has 7 heteroatoms. The number of aliphatic hydroxyl groups is 1. The number of methoxy groups -OCH3 is 1. The minimum atomic E-state index is -0.777. The lowest BCUT2D eigenvalue weighted by atomic mass is 9.99. The van der Waals surface area contributed by atoms with Crippen molar-refractivity contribution in [2.45, 2.75) is 78.0 Å². The maximum absolute atomic E-state index is 12.8. The van der Waals surface area contributed by atoms with E-state index in [1.54, 1.807) is 7.11 Å². The standard InChI is InChI=1S/C30H45N3O4/c1-5-16-33(17-6-2)30(36)15-9-14-29(35)32-27(20-24-11-7-10-23(3)18-24)28(34)22-31-21-25-12-8-13-26(19-25)37-4/h7-8,10-13,18-19,27-28,31,34H,5-6,9,14-17,20-22H2,1-4H3,(H,32,35)/t27-,28+/m0/s1. The van der Waals surface area contributed by atoms with Crippen molar-refractivity contribution in [1.29, 1.82) is 0 Å². The predicted octanol–water partition coefficient (Wildman–Crippen LogP) is 4.00. The number of carbonyl (C=O) groups is 2.